The minimum Gasteiger partial charge on any atom is -0.309 e. The van der Waals surface area contributed by atoms with Gasteiger partial charge in [0, 0.05) is 18.8 Å². The van der Waals surface area contributed by atoms with Gasteiger partial charge in [0.05, 0.1) is 11.7 Å². The van der Waals surface area contributed by atoms with E-state index in [4.69, 9.17) is 5.10 Å². The van der Waals surface area contributed by atoms with Crippen LogP contribution < -0.4 is 5.32 Å². The van der Waals surface area contributed by atoms with Gasteiger partial charge >= 0.3 is 0 Å². The first-order valence-electron chi connectivity index (χ1n) is 7.56. The lowest BCUT2D eigenvalue weighted by atomic mass is 9.96. The normalized spacial score (nSPS) is 18.6. The molecule has 1 aliphatic rings. The molecule has 0 spiro atoms. The highest BCUT2D eigenvalue weighted by Gasteiger charge is 2.15. The van der Waals surface area contributed by atoms with E-state index in [-0.39, 0.29) is 0 Å². The third kappa shape index (κ3) is 4.84. The van der Waals surface area contributed by atoms with E-state index in [2.05, 4.69) is 35.4 Å². The Labute approximate surface area is 121 Å². The van der Waals surface area contributed by atoms with Crippen LogP contribution in [-0.2, 0) is 6.54 Å². The Morgan fingerprint density at radius 1 is 1.42 bits per heavy atom. The van der Waals surface area contributed by atoms with Crippen molar-refractivity contribution in [3.8, 4) is 0 Å². The van der Waals surface area contributed by atoms with Gasteiger partial charge in [0.2, 0.25) is 0 Å². The van der Waals surface area contributed by atoms with Gasteiger partial charge in [-0.25, -0.2) is 0 Å². The first-order valence-corrected chi connectivity index (χ1v) is 8.95. The summed E-state index contributed by atoms with van der Waals surface area (Å²) < 4.78 is 2.20. The second-order valence-corrected chi connectivity index (χ2v) is 6.63. The lowest BCUT2D eigenvalue weighted by molar-refractivity contribution is 0.327. The van der Waals surface area contributed by atoms with E-state index in [1.807, 2.05) is 11.8 Å². The summed E-state index contributed by atoms with van der Waals surface area (Å²) in [4.78, 5) is 0. The van der Waals surface area contributed by atoms with Crippen molar-refractivity contribution in [3.05, 3.63) is 18.0 Å². The topological polar surface area (TPSA) is 29.9 Å². The molecule has 1 N–H and O–H groups in total. The van der Waals surface area contributed by atoms with Gasteiger partial charge in [-0.2, -0.15) is 16.9 Å². The minimum atomic E-state index is 0.576. The maximum Gasteiger partial charge on any atom is 0.0762 e. The minimum absolute atomic E-state index is 0.576. The van der Waals surface area contributed by atoms with E-state index < -0.39 is 0 Å². The molecule has 1 aromatic heterocycles. The summed E-state index contributed by atoms with van der Waals surface area (Å²) in [5.74, 6) is 1.23. The van der Waals surface area contributed by atoms with Gasteiger partial charge in [-0.3, -0.25) is 4.68 Å². The van der Waals surface area contributed by atoms with Crippen LogP contribution in [-0.4, -0.2) is 27.8 Å². The second-order valence-electron chi connectivity index (χ2n) is 5.64. The highest BCUT2D eigenvalue weighted by Crippen LogP contribution is 2.27. The summed E-state index contributed by atoms with van der Waals surface area (Å²) in [6, 6.07) is 3.40. The van der Waals surface area contributed by atoms with E-state index in [0.717, 1.165) is 6.54 Å². The molecule has 19 heavy (non-hydrogen) atoms. The molecule has 1 unspecified atom stereocenters. The summed E-state index contributed by atoms with van der Waals surface area (Å²) >= 11 is 1.91. The first-order chi connectivity index (χ1) is 9.29. The Balaban J connectivity index is 1.77. The van der Waals surface area contributed by atoms with Crippen LogP contribution in [0.5, 0.6) is 0 Å². The average Bonchev–Trinajstić information content (AvgIpc) is 2.93. The summed E-state index contributed by atoms with van der Waals surface area (Å²) in [5.41, 5.74) is 1.18. The molecule has 1 heterocycles. The molecule has 1 aliphatic carbocycles. The standard InChI is InChI=1S/C15H27N3S/c1-13(9-11-19-2)16-12-14-8-10-18(17-14)15-6-4-3-5-7-15/h8,10,13,15-16H,3-7,9,11-12H2,1-2H3. The van der Waals surface area contributed by atoms with Crippen molar-refractivity contribution < 1.29 is 0 Å². The lowest BCUT2D eigenvalue weighted by Gasteiger charge is -2.21. The van der Waals surface area contributed by atoms with Crippen molar-refractivity contribution >= 4 is 11.8 Å². The lowest BCUT2D eigenvalue weighted by Crippen LogP contribution is -2.26. The van der Waals surface area contributed by atoms with Crippen LogP contribution in [0.4, 0.5) is 0 Å². The van der Waals surface area contributed by atoms with Gasteiger partial charge in [0.1, 0.15) is 0 Å². The number of aromatic nitrogens is 2. The zero-order valence-corrected chi connectivity index (χ0v) is 13.1. The second kappa shape index (κ2) is 7.95. The highest BCUT2D eigenvalue weighted by atomic mass is 32.2. The van der Waals surface area contributed by atoms with Gasteiger partial charge in [-0.05, 0) is 44.3 Å². The molecule has 1 fully saturated rings. The maximum atomic E-state index is 4.74. The van der Waals surface area contributed by atoms with Crippen molar-refractivity contribution in [2.45, 2.75) is 64.1 Å². The van der Waals surface area contributed by atoms with Gasteiger partial charge in [-0.15, -0.1) is 0 Å². The Kier molecular flexibility index (Phi) is 6.24. The SMILES string of the molecule is CSCCC(C)NCc1ccn(C2CCCCC2)n1. The molecule has 1 aromatic rings. The van der Waals surface area contributed by atoms with Crippen LogP contribution in [0.3, 0.4) is 0 Å². The fourth-order valence-electron chi connectivity index (χ4n) is 2.70. The number of hydrogen-bond acceptors (Lipinski definition) is 3. The van der Waals surface area contributed by atoms with Gasteiger partial charge in [0.25, 0.3) is 0 Å². The highest BCUT2D eigenvalue weighted by molar-refractivity contribution is 7.98. The number of thioether (sulfide) groups is 1. The Bertz CT molecular complexity index is 358. The van der Waals surface area contributed by atoms with Crippen LogP contribution in [0.2, 0.25) is 0 Å². The molecular formula is C15H27N3S. The fourth-order valence-corrected chi connectivity index (χ4v) is 3.29. The molecule has 0 aromatic carbocycles. The summed E-state index contributed by atoms with van der Waals surface area (Å²) in [6.07, 6.45) is 12.3. The van der Waals surface area contributed by atoms with Crippen LogP contribution >= 0.6 is 11.8 Å². The van der Waals surface area contributed by atoms with Crippen molar-refractivity contribution in [3.63, 3.8) is 0 Å². The molecule has 3 nitrogen and oxygen atoms in total. The largest absolute Gasteiger partial charge is 0.309 e. The predicted molar refractivity (Wildman–Crippen MR) is 83.6 cm³/mol. The average molecular weight is 281 g/mol. The molecule has 0 radical (unpaired) electrons. The van der Waals surface area contributed by atoms with Crippen molar-refractivity contribution in [1.29, 1.82) is 0 Å². The van der Waals surface area contributed by atoms with E-state index in [1.54, 1.807) is 0 Å². The van der Waals surface area contributed by atoms with E-state index >= 15 is 0 Å². The summed E-state index contributed by atoms with van der Waals surface area (Å²) in [5, 5.41) is 8.30. The monoisotopic (exact) mass is 281 g/mol. The molecule has 1 saturated carbocycles. The molecule has 108 valence electrons. The van der Waals surface area contributed by atoms with E-state index in [1.165, 1.54) is 50.0 Å². The van der Waals surface area contributed by atoms with Gasteiger partial charge < -0.3 is 5.32 Å². The third-order valence-corrected chi connectivity index (χ3v) is 4.64. The van der Waals surface area contributed by atoms with Crippen LogP contribution in [0, 0.1) is 0 Å². The Morgan fingerprint density at radius 2 is 2.21 bits per heavy atom. The number of nitrogens with one attached hydrogen (secondary N) is 1. The smallest absolute Gasteiger partial charge is 0.0762 e. The van der Waals surface area contributed by atoms with Crippen LogP contribution in [0.1, 0.15) is 57.2 Å². The molecule has 0 saturated heterocycles. The number of nitrogens with zero attached hydrogens (tertiary/aromatic N) is 2. The van der Waals surface area contributed by atoms with Crippen LogP contribution in [0.25, 0.3) is 0 Å². The molecule has 1 atom stereocenters. The molecule has 4 heteroatoms. The molecule has 0 amide bonds. The van der Waals surface area contributed by atoms with Gasteiger partial charge in [0.15, 0.2) is 0 Å². The maximum absolute atomic E-state index is 4.74. The Morgan fingerprint density at radius 3 is 2.95 bits per heavy atom. The van der Waals surface area contributed by atoms with Crippen molar-refractivity contribution in [1.82, 2.24) is 15.1 Å². The molecular weight excluding hydrogens is 254 g/mol. The molecule has 0 bridgehead atoms. The van der Waals surface area contributed by atoms with Crippen molar-refractivity contribution in [2.75, 3.05) is 12.0 Å². The predicted octanol–water partition coefficient (Wildman–Crippen LogP) is 3.62. The Hall–Kier alpha value is -0.480. The quantitative estimate of drug-likeness (QED) is 0.828. The van der Waals surface area contributed by atoms with Crippen molar-refractivity contribution in [2.24, 2.45) is 0 Å². The zero-order chi connectivity index (χ0) is 13.5. The zero-order valence-electron chi connectivity index (χ0n) is 12.3. The van der Waals surface area contributed by atoms with Gasteiger partial charge in [-0.1, -0.05) is 19.3 Å². The number of hydrogen-bond donors (Lipinski definition) is 1. The number of rotatable bonds is 7. The van der Waals surface area contributed by atoms with E-state index in [9.17, 15) is 0 Å². The molecule has 0 aliphatic heterocycles. The molecule has 2 rings (SSSR count). The fraction of sp³-hybridized carbons (Fsp3) is 0.800. The summed E-state index contributed by atoms with van der Waals surface area (Å²) in [6.45, 7) is 3.16. The first kappa shape index (κ1) is 14.9. The third-order valence-electron chi connectivity index (χ3n) is 4.00. The van der Waals surface area contributed by atoms with E-state index in [0.29, 0.717) is 12.1 Å². The summed E-state index contributed by atoms with van der Waals surface area (Å²) in [7, 11) is 0. The van der Waals surface area contributed by atoms with Crippen LogP contribution in [0.15, 0.2) is 12.3 Å².